The molecule has 3 N–H and O–H groups in total. The molecule has 1 fully saturated rings. The fourth-order valence-corrected chi connectivity index (χ4v) is 2.13. The van der Waals surface area contributed by atoms with Gasteiger partial charge in [0.25, 0.3) is 0 Å². The molecule has 1 rings (SSSR count). The van der Waals surface area contributed by atoms with Crippen molar-refractivity contribution in [1.29, 1.82) is 0 Å². The lowest BCUT2D eigenvalue weighted by Gasteiger charge is -2.35. The second kappa shape index (κ2) is 5.05. The van der Waals surface area contributed by atoms with Gasteiger partial charge in [-0.25, -0.2) is 0 Å². The van der Waals surface area contributed by atoms with Gasteiger partial charge in [-0.3, -0.25) is 4.90 Å². The third-order valence-corrected chi connectivity index (χ3v) is 3.13. The van der Waals surface area contributed by atoms with Crippen molar-refractivity contribution in [2.24, 2.45) is 17.6 Å². The minimum atomic E-state index is -0.183. The Bertz CT molecular complexity index is 200. The van der Waals surface area contributed by atoms with Gasteiger partial charge in [-0.1, -0.05) is 26.1 Å². The number of hydrogen-bond donors (Lipinski definition) is 2. The van der Waals surface area contributed by atoms with Crippen LogP contribution in [0, 0.1) is 11.8 Å². The number of nitrogens with two attached hydrogens (primary N) is 1. The zero-order valence-corrected chi connectivity index (χ0v) is 9.76. The van der Waals surface area contributed by atoms with Gasteiger partial charge in [0.2, 0.25) is 0 Å². The van der Waals surface area contributed by atoms with E-state index < -0.39 is 0 Å². The summed E-state index contributed by atoms with van der Waals surface area (Å²) in [6.45, 7) is 6.88. The van der Waals surface area contributed by atoms with Crippen LogP contribution in [0.4, 0.5) is 0 Å². The van der Waals surface area contributed by atoms with E-state index in [4.69, 9.17) is 18.0 Å². The summed E-state index contributed by atoms with van der Waals surface area (Å²) in [6, 6.07) is 0. The molecule has 3 unspecified atom stereocenters. The van der Waals surface area contributed by atoms with Crippen molar-refractivity contribution in [2.45, 2.75) is 26.4 Å². The first-order valence-corrected chi connectivity index (χ1v) is 5.59. The smallest absolute Gasteiger partial charge is 0.0768 e. The number of nitrogens with zero attached hydrogens (tertiary/aromatic N) is 1. The van der Waals surface area contributed by atoms with E-state index in [0.29, 0.717) is 10.9 Å². The van der Waals surface area contributed by atoms with Crippen LogP contribution >= 0.6 is 12.2 Å². The summed E-state index contributed by atoms with van der Waals surface area (Å²) in [4.78, 5) is 2.82. The average Bonchev–Trinajstić information content (AvgIpc) is 2.01. The SMILES string of the molecule is CC1CC(O)CN(CC(C)C(N)=S)C1. The van der Waals surface area contributed by atoms with Crippen molar-refractivity contribution < 1.29 is 5.11 Å². The van der Waals surface area contributed by atoms with Crippen LogP contribution < -0.4 is 5.73 Å². The van der Waals surface area contributed by atoms with Crippen LogP contribution in [-0.4, -0.2) is 40.7 Å². The maximum Gasteiger partial charge on any atom is 0.0768 e. The number of aliphatic hydroxyl groups is 1. The van der Waals surface area contributed by atoms with Crippen molar-refractivity contribution in [3.05, 3.63) is 0 Å². The van der Waals surface area contributed by atoms with Crippen LogP contribution in [0.2, 0.25) is 0 Å². The number of β-amino-alcohol motifs (C(OH)–C–C–N with tert-alkyl or cyclic N) is 1. The van der Waals surface area contributed by atoms with E-state index in [1.54, 1.807) is 0 Å². The number of thiocarbonyl (C=S) groups is 1. The Balaban J connectivity index is 2.40. The van der Waals surface area contributed by atoms with Crippen LogP contribution in [-0.2, 0) is 0 Å². The minimum absolute atomic E-state index is 0.183. The maximum atomic E-state index is 9.60. The molecule has 0 aromatic rings. The molecule has 1 saturated heterocycles. The predicted octanol–water partition coefficient (Wildman–Crippen LogP) is 0.611. The number of likely N-dealkylation sites (tertiary alicyclic amines) is 1. The lowest BCUT2D eigenvalue weighted by Crippen LogP contribution is -2.45. The molecule has 0 spiro atoms. The van der Waals surface area contributed by atoms with E-state index in [-0.39, 0.29) is 12.0 Å². The highest BCUT2D eigenvalue weighted by Gasteiger charge is 2.24. The largest absolute Gasteiger partial charge is 0.393 e. The van der Waals surface area contributed by atoms with Gasteiger partial charge in [-0.05, 0) is 12.3 Å². The van der Waals surface area contributed by atoms with E-state index in [9.17, 15) is 5.11 Å². The van der Waals surface area contributed by atoms with Gasteiger partial charge in [0.05, 0.1) is 11.1 Å². The summed E-state index contributed by atoms with van der Waals surface area (Å²) in [5.41, 5.74) is 5.56. The zero-order chi connectivity index (χ0) is 10.7. The normalized spacial score (nSPS) is 31.4. The third kappa shape index (κ3) is 3.52. The molecule has 0 aromatic carbocycles. The summed E-state index contributed by atoms with van der Waals surface area (Å²) in [5.74, 6) is 0.805. The standard InChI is InChI=1S/C10H20N2OS/c1-7-3-9(13)6-12(4-7)5-8(2)10(11)14/h7-9,13H,3-6H2,1-2H3,(H2,11,14). The fraction of sp³-hybridized carbons (Fsp3) is 0.900. The van der Waals surface area contributed by atoms with Crippen molar-refractivity contribution in [3.8, 4) is 0 Å². The molecule has 1 aliphatic heterocycles. The van der Waals surface area contributed by atoms with Crippen molar-refractivity contribution in [1.82, 2.24) is 4.90 Å². The quantitative estimate of drug-likeness (QED) is 0.679. The van der Waals surface area contributed by atoms with Gasteiger partial charge in [0.15, 0.2) is 0 Å². The Kier molecular flexibility index (Phi) is 4.29. The zero-order valence-electron chi connectivity index (χ0n) is 8.94. The highest BCUT2D eigenvalue weighted by molar-refractivity contribution is 7.80. The van der Waals surface area contributed by atoms with Crippen molar-refractivity contribution in [2.75, 3.05) is 19.6 Å². The molecule has 0 aromatic heterocycles. The monoisotopic (exact) mass is 216 g/mol. The lowest BCUT2D eigenvalue weighted by molar-refractivity contribution is 0.0419. The molecule has 3 nitrogen and oxygen atoms in total. The first kappa shape index (κ1) is 11.9. The van der Waals surface area contributed by atoms with E-state index in [2.05, 4.69) is 11.8 Å². The Morgan fingerprint density at radius 1 is 1.64 bits per heavy atom. The summed E-state index contributed by atoms with van der Waals surface area (Å²) in [7, 11) is 0. The van der Waals surface area contributed by atoms with Crippen LogP contribution in [0.5, 0.6) is 0 Å². The second-order valence-corrected chi connectivity index (χ2v) is 4.99. The Labute approximate surface area is 91.3 Å². The van der Waals surface area contributed by atoms with Gasteiger partial charge in [0, 0.05) is 25.6 Å². The van der Waals surface area contributed by atoms with Gasteiger partial charge in [-0.2, -0.15) is 0 Å². The fourth-order valence-electron chi connectivity index (χ4n) is 2.05. The Hall–Kier alpha value is -0.190. The number of piperidine rings is 1. The van der Waals surface area contributed by atoms with Crippen LogP contribution in [0.1, 0.15) is 20.3 Å². The topological polar surface area (TPSA) is 49.5 Å². The van der Waals surface area contributed by atoms with Crippen LogP contribution in [0.25, 0.3) is 0 Å². The molecule has 0 bridgehead atoms. The van der Waals surface area contributed by atoms with E-state index in [1.807, 2.05) is 6.92 Å². The molecule has 4 heteroatoms. The number of aliphatic hydroxyl groups excluding tert-OH is 1. The Morgan fingerprint density at radius 2 is 2.29 bits per heavy atom. The van der Waals surface area contributed by atoms with E-state index >= 15 is 0 Å². The molecule has 0 radical (unpaired) electrons. The average molecular weight is 216 g/mol. The molecule has 0 amide bonds. The maximum absolute atomic E-state index is 9.60. The molecule has 0 saturated carbocycles. The van der Waals surface area contributed by atoms with Gasteiger partial charge in [0.1, 0.15) is 0 Å². The second-order valence-electron chi connectivity index (χ2n) is 4.52. The summed E-state index contributed by atoms with van der Waals surface area (Å²) in [6.07, 6.45) is 0.732. The van der Waals surface area contributed by atoms with Gasteiger partial charge >= 0.3 is 0 Å². The predicted molar refractivity (Wildman–Crippen MR) is 62.2 cm³/mol. The molecule has 3 atom stereocenters. The molecule has 14 heavy (non-hydrogen) atoms. The molecular formula is C10H20N2OS. The van der Waals surface area contributed by atoms with Crippen molar-refractivity contribution in [3.63, 3.8) is 0 Å². The molecule has 0 aliphatic carbocycles. The lowest BCUT2D eigenvalue weighted by atomic mass is 9.97. The molecular weight excluding hydrogens is 196 g/mol. The first-order valence-electron chi connectivity index (χ1n) is 5.18. The number of rotatable bonds is 3. The van der Waals surface area contributed by atoms with Crippen LogP contribution in [0.3, 0.4) is 0 Å². The van der Waals surface area contributed by atoms with Crippen LogP contribution in [0.15, 0.2) is 0 Å². The Morgan fingerprint density at radius 3 is 2.79 bits per heavy atom. The number of hydrogen-bond acceptors (Lipinski definition) is 3. The van der Waals surface area contributed by atoms with Gasteiger partial charge < -0.3 is 10.8 Å². The molecule has 82 valence electrons. The first-order chi connectivity index (χ1) is 6.49. The highest BCUT2D eigenvalue weighted by atomic mass is 32.1. The minimum Gasteiger partial charge on any atom is -0.393 e. The molecule has 1 aliphatic rings. The summed E-state index contributed by atoms with van der Waals surface area (Å²) in [5, 5.41) is 9.60. The highest BCUT2D eigenvalue weighted by Crippen LogP contribution is 2.17. The third-order valence-electron chi connectivity index (χ3n) is 2.73. The summed E-state index contributed by atoms with van der Waals surface area (Å²) >= 11 is 4.93. The van der Waals surface area contributed by atoms with E-state index in [0.717, 1.165) is 26.1 Å². The van der Waals surface area contributed by atoms with Crippen molar-refractivity contribution >= 4 is 17.2 Å². The summed E-state index contributed by atoms with van der Waals surface area (Å²) < 4.78 is 0. The van der Waals surface area contributed by atoms with E-state index in [1.165, 1.54) is 0 Å². The molecule has 1 heterocycles. The van der Waals surface area contributed by atoms with Gasteiger partial charge in [-0.15, -0.1) is 0 Å².